The van der Waals surface area contributed by atoms with Crippen molar-refractivity contribution < 1.29 is 9.59 Å². The second-order valence-electron chi connectivity index (χ2n) is 4.81. The van der Waals surface area contributed by atoms with E-state index in [4.69, 9.17) is 0 Å². The van der Waals surface area contributed by atoms with Gasteiger partial charge in [-0.1, -0.05) is 31.2 Å². The summed E-state index contributed by atoms with van der Waals surface area (Å²) >= 11 is 1.67. The van der Waals surface area contributed by atoms with Gasteiger partial charge in [0.2, 0.25) is 0 Å². The Kier molecular flexibility index (Phi) is 3.80. The van der Waals surface area contributed by atoms with E-state index in [1.54, 1.807) is 36.0 Å². The van der Waals surface area contributed by atoms with E-state index in [9.17, 15) is 9.59 Å². The maximum atomic E-state index is 12.5. The van der Waals surface area contributed by atoms with Crippen molar-refractivity contribution in [2.45, 2.75) is 18.2 Å². The number of anilines is 1. The van der Waals surface area contributed by atoms with Crippen LogP contribution in [0.5, 0.6) is 0 Å². The molecule has 0 unspecified atom stereocenters. The third-order valence-corrected chi connectivity index (χ3v) is 4.63. The van der Waals surface area contributed by atoms with E-state index in [1.165, 1.54) is 4.90 Å². The van der Waals surface area contributed by atoms with Crippen LogP contribution in [0.1, 0.15) is 34.1 Å². The molecule has 0 spiro atoms. The Labute approximate surface area is 128 Å². The molecule has 1 heterocycles. The molecule has 0 saturated heterocycles. The molecule has 4 heteroatoms. The predicted octanol–water partition coefficient (Wildman–Crippen LogP) is 3.99. The van der Waals surface area contributed by atoms with Crippen molar-refractivity contribution in [3.05, 3.63) is 59.7 Å². The van der Waals surface area contributed by atoms with E-state index >= 15 is 0 Å². The Bertz CT molecular complexity index is 676. The van der Waals surface area contributed by atoms with Gasteiger partial charge < -0.3 is 0 Å². The summed E-state index contributed by atoms with van der Waals surface area (Å²) in [5.74, 6) is 0.487. The van der Waals surface area contributed by atoms with Gasteiger partial charge in [0.1, 0.15) is 0 Å². The lowest BCUT2D eigenvalue weighted by Gasteiger charge is -2.17. The van der Waals surface area contributed by atoms with Crippen LogP contribution >= 0.6 is 11.8 Å². The van der Waals surface area contributed by atoms with Crippen LogP contribution in [-0.2, 0) is 0 Å². The van der Waals surface area contributed by atoms with Crippen LogP contribution in [-0.4, -0.2) is 17.6 Å². The van der Waals surface area contributed by atoms with Crippen LogP contribution in [0.2, 0.25) is 0 Å². The lowest BCUT2D eigenvalue weighted by atomic mass is 10.1. The molecule has 21 heavy (non-hydrogen) atoms. The lowest BCUT2D eigenvalue weighted by molar-refractivity contribution is 0.0925. The number of carbonyl (C=O) groups is 2. The van der Waals surface area contributed by atoms with E-state index in [2.05, 4.69) is 6.92 Å². The first kappa shape index (κ1) is 13.9. The van der Waals surface area contributed by atoms with Crippen molar-refractivity contribution in [1.29, 1.82) is 0 Å². The van der Waals surface area contributed by atoms with E-state index in [0.29, 0.717) is 16.8 Å². The van der Waals surface area contributed by atoms with Gasteiger partial charge >= 0.3 is 0 Å². The fourth-order valence-electron chi connectivity index (χ4n) is 2.38. The molecule has 0 atom stereocenters. The standard InChI is InChI=1S/C17H15NO2S/c1-2-11-21-15-10-6-5-9-14(15)18-16(19)12-7-3-4-8-13(12)17(18)20/h3-10H,2,11H2,1H3. The lowest BCUT2D eigenvalue weighted by Crippen LogP contribution is -2.29. The minimum Gasteiger partial charge on any atom is -0.268 e. The summed E-state index contributed by atoms with van der Waals surface area (Å²) in [5.41, 5.74) is 1.65. The largest absolute Gasteiger partial charge is 0.268 e. The molecule has 0 bridgehead atoms. The highest BCUT2D eigenvalue weighted by atomic mass is 32.2. The first-order chi connectivity index (χ1) is 10.2. The maximum absolute atomic E-state index is 12.5. The smallest absolute Gasteiger partial charge is 0.266 e. The van der Waals surface area contributed by atoms with Crippen molar-refractivity contribution in [1.82, 2.24) is 0 Å². The molecule has 0 fully saturated rings. The molecule has 0 aliphatic carbocycles. The number of hydrogen-bond acceptors (Lipinski definition) is 3. The average molecular weight is 297 g/mol. The Balaban J connectivity index is 2.03. The molecule has 2 amide bonds. The monoisotopic (exact) mass is 297 g/mol. The third kappa shape index (κ3) is 2.36. The Hall–Kier alpha value is -2.07. The van der Waals surface area contributed by atoms with Gasteiger partial charge in [-0.3, -0.25) is 9.59 Å². The normalized spacial score (nSPS) is 13.7. The molecule has 0 N–H and O–H groups in total. The molecule has 2 aromatic carbocycles. The summed E-state index contributed by atoms with van der Waals surface area (Å²) in [6.45, 7) is 2.11. The molecular weight excluding hydrogens is 282 g/mol. The van der Waals surface area contributed by atoms with Gasteiger partial charge in [-0.2, -0.15) is 0 Å². The fraction of sp³-hybridized carbons (Fsp3) is 0.176. The molecule has 0 aromatic heterocycles. The van der Waals surface area contributed by atoms with Gasteiger partial charge in [0.15, 0.2) is 0 Å². The minimum absolute atomic E-state index is 0.236. The summed E-state index contributed by atoms with van der Waals surface area (Å²) in [4.78, 5) is 27.3. The van der Waals surface area contributed by atoms with Crippen LogP contribution in [0.3, 0.4) is 0 Å². The van der Waals surface area contributed by atoms with Gasteiger partial charge in [0, 0.05) is 4.90 Å². The number of imide groups is 1. The first-order valence-electron chi connectivity index (χ1n) is 6.93. The Morgan fingerprint density at radius 1 is 0.905 bits per heavy atom. The highest BCUT2D eigenvalue weighted by Crippen LogP contribution is 2.35. The van der Waals surface area contributed by atoms with Crippen molar-refractivity contribution in [2.24, 2.45) is 0 Å². The molecule has 1 aliphatic heterocycles. The number of thioether (sulfide) groups is 1. The fourth-order valence-corrected chi connectivity index (χ4v) is 3.29. The number of hydrogen-bond donors (Lipinski definition) is 0. The summed E-state index contributed by atoms with van der Waals surface area (Å²) in [6.07, 6.45) is 1.04. The summed E-state index contributed by atoms with van der Waals surface area (Å²) in [6, 6.07) is 14.6. The van der Waals surface area contributed by atoms with E-state index in [1.807, 2.05) is 24.3 Å². The average Bonchev–Trinajstić information content (AvgIpc) is 2.78. The zero-order valence-corrected chi connectivity index (χ0v) is 12.5. The Morgan fingerprint density at radius 3 is 2.10 bits per heavy atom. The molecule has 0 saturated carbocycles. The van der Waals surface area contributed by atoms with Crippen LogP contribution in [0.4, 0.5) is 5.69 Å². The van der Waals surface area contributed by atoms with Gasteiger partial charge in [-0.25, -0.2) is 4.90 Å². The third-order valence-electron chi connectivity index (χ3n) is 3.36. The SMILES string of the molecule is CCCSc1ccccc1N1C(=O)c2ccccc2C1=O. The minimum atomic E-state index is -0.236. The zero-order chi connectivity index (χ0) is 14.8. The van der Waals surface area contributed by atoms with Gasteiger partial charge in [0.05, 0.1) is 16.8 Å². The van der Waals surface area contributed by atoms with Crippen molar-refractivity contribution in [3.8, 4) is 0 Å². The molecule has 106 valence electrons. The number of para-hydroxylation sites is 1. The number of benzene rings is 2. The van der Waals surface area contributed by atoms with E-state index in [0.717, 1.165) is 17.1 Å². The number of amides is 2. The predicted molar refractivity (Wildman–Crippen MR) is 85.0 cm³/mol. The second kappa shape index (κ2) is 5.74. The highest BCUT2D eigenvalue weighted by Gasteiger charge is 2.37. The number of fused-ring (bicyclic) bond motifs is 1. The molecule has 0 radical (unpaired) electrons. The quantitative estimate of drug-likeness (QED) is 0.632. The van der Waals surface area contributed by atoms with E-state index < -0.39 is 0 Å². The van der Waals surface area contributed by atoms with Crippen molar-refractivity contribution in [2.75, 3.05) is 10.7 Å². The molecule has 1 aliphatic rings. The van der Waals surface area contributed by atoms with Crippen molar-refractivity contribution in [3.63, 3.8) is 0 Å². The number of rotatable bonds is 4. The second-order valence-corrected chi connectivity index (χ2v) is 5.94. The number of carbonyl (C=O) groups excluding carboxylic acids is 2. The zero-order valence-electron chi connectivity index (χ0n) is 11.7. The van der Waals surface area contributed by atoms with Gasteiger partial charge in [-0.05, 0) is 36.4 Å². The highest BCUT2D eigenvalue weighted by molar-refractivity contribution is 7.99. The Morgan fingerprint density at radius 2 is 1.48 bits per heavy atom. The topological polar surface area (TPSA) is 37.4 Å². The van der Waals surface area contributed by atoms with Crippen LogP contribution in [0.25, 0.3) is 0 Å². The first-order valence-corrected chi connectivity index (χ1v) is 7.92. The maximum Gasteiger partial charge on any atom is 0.266 e. The van der Waals surface area contributed by atoms with Gasteiger partial charge in [0.25, 0.3) is 11.8 Å². The molecular formula is C17H15NO2S. The summed E-state index contributed by atoms with van der Waals surface area (Å²) < 4.78 is 0. The van der Waals surface area contributed by atoms with Crippen molar-refractivity contribution >= 4 is 29.3 Å². The van der Waals surface area contributed by atoms with Crippen LogP contribution < -0.4 is 4.90 Å². The van der Waals surface area contributed by atoms with Crippen LogP contribution in [0.15, 0.2) is 53.4 Å². The molecule has 3 rings (SSSR count). The summed E-state index contributed by atoms with van der Waals surface area (Å²) in [7, 11) is 0. The van der Waals surface area contributed by atoms with Gasteiger partial charge in [-0.15, -0.1) is 11.8 Å². The van der Waals surface area contributed by atoms with E-state index in [-0.39, 0.29) is 11.8 Å². The summed E-state index contributed by atoms with van der Waals surface area (Å²) in [5, 5.41) is 0. The number of nitrogens with zero attached hydrogens (tertiary/aromatic N) is 1. The van der Waals surface area contributed by atoms with Crippen LogP contribution in [0, 0.1) is 0 Å². The molecule has 2 aromatic rings. The molecule has 3 nitrogen and oxygen atoms in total.